The van der Waals surface area contributed by atoms with E-state index in [1.54, 1.807) is 0 Å². The van der Waals surface area contributed by atoms with Gasteiger partial charge in [0, 0.05) is 11.6 Å². The Hall–Kier alpha value is -1.60. The fourth-order valence-electron chi connectivity index (χ4n) is 1.47. The molecular weight excluding hydrogens is 355 g/mol. The van der Waals surface area contributed by atoms with Gasteiger partial charge in [-0.25, -0.2) is 13.2 Å². The zero-order valence-electron chi connectivity index (χ0n) is 9.79. The lowest BCUT2D eigenvalue weighted by Crippen LogP contribution is -2.11. The highest BCUT2D eigenvalue weighted by molar-refractivity contribution is 9.10. The van der Waals surface area contributed by atoms with Gasteiger partial charge in [0.2, 0.25) is 0 Å². The Bertz CT molecular complexity index is 694. The van der Waals surface area contributed by atoms with Crippen LogP contribution in [0.2, 0.25) is 0 Å². The van der Waals surface area contributed by atoms with Crippen molar-refractivity contribution in [2.75, 3.05) is 0 Å². The van der Waals surface area contributed by atoms with Crippen LogP contribution in [-0.2, 0) is 0 Å². The Morgan fingerprint density at radius 1 is 1.10 bits per heavy atom. The number of ether oxygens (including phenoxy) is 1. The van der Waals surface area contributed by atoms with Gasteiger partial charge in [0.05, 0.1) is 4.47 Å². The van der Waals surface area contributed by atoms with Crippen molar-refractivity contribution in [3.05, 3.63) is 57.8 Å². The van der Waals surface area contributed by atoms with Crippen molar-refractivity contribution >= 4 is 33.1 Å². The Kier molecular flexibility index (Phi) is 4.29. The SMILES string of the molecule is NC(=S)c1ccc(Oc2ccc(F)c(F)c2)c(F)c1Br. The first-order chi connectivity index (χ1) is 9.40. The molecule has 2 nitrogen and oxygen atoms in total. The van der Waals surface area contributed by atoms with E-state index in [1.165, 1.54) is 18.2 Å². The summed E-state index contributed by atoms with van der Waals surface area (Å²) in [5.74, 6) is -3.02. The summed E-state index contributed by atoms with van der Waals surface area (Å²) in [4.78, 5) is 0.0233. The minimum absolute atomic E-state index is 0.0233. The van der Waals surface area contributed by atoms with Gasteiger partial charge in [-0.15, -0.1) is 0 Å². The van der Waals surface area contributed by atoms with E-state index in [4.69, 9.17) is 22.7 Å². The summed E-state index contributed by atoms with van der Waals surface area (Å²) in [5.41, 5.74) is 5.74. The number of nitrogens with two attached hydrogens (primary N) is 1. The molecule has 0 amide bonds. The molecule has 20 heavy (non-hydrogen) atoms. The van der Waals surface area contributed by atoms with Gasteiger partial charge in [-0.3, -0.25) is 0 Å². The molecule has 0 aromatic heterocycles. The molecule has 0 saturated heterocycles. The van der Waals surface area contributed by atoms with E-state index in [1.807, 2.05) is 0 Å². The summed E-state index contributed by atoms with van der Waals surface area (Å²) in [5, 5.41) is 0. The minimum atomic E-state index is -1.08. The van der Waals surface area contributed by atoms with Crippen molar-refractivity contribution in [1.29, 1.82) is 0 Å². The molecule has 2 rings (SSSR count). The number of benzene rings is 2. The van der Waals surface area contributed by atoms with Crippen LogP contribution in [0.5, 0.6) is 11.5 Å². The van der Waals surface area contributed by atoms with Gasteiger partial charge < -0.3 is 10.5 Å². The molecule has 0 bridgehead atoms. The zero-order valence-corrected chi connectivity index (χ0v) is 12.2. The molecule has 0 aliphatic rings. The minimum Gasteiger partial charge on any atom is -0.454 e. The van der Waals surface area contributed by atoms with E-state index in [2.05, 4.69) is 15.9 Å². The van der Waals surface area contributed by atoms with Crippen LogP contribution in [0.3, 0.4) is 0 Å². The largest absolute Gasteiger partial charge is 0.454 e. The van der Waals surface area contributed by atoms with Crippen LogP contribution in [0.25, 0.3) is 0 Å². The van der Waals surface area contributed by atoms with Gasteiger partial charge in [0.1, 0.15) is 10.7 Å². The van der Waals surface area contributed by atoms with Gasteiger partial charge >= 0.3 is 0 Å². The summed E-state index contributed by atoms with van der Waals surface area (Å²) < 4.78 is 45.1. The summed E-state index contributed by atoms with van der Waals surface area (Å²) in [6, 6.07) is 5.67. The van der Waals surface area contributed by atoms with E-state index in [-0.39, 0.29) is 21.0 Å². The molecule has 7 heteroatoms. The summed E-state index contributed by atoms with van der Waals surface area (Å²) in [6.45, 7) is 0. The maximum atomic E-state index is 14.0. The first-order valence-corrected chi connectivity index (χ1v) is 6.51. The van der Waals surface area contributed by atoms with Crippen molar-refractivity contribution in [1.82, 2.24) is 0 Å². The fourth-order valence-corrected chi connectivity index (χ4v) is 2.31. The summed E-state index contributed by atoms with van der Waals surface area (Å²) in [7, 11) is 0. The maximum Gasteiger partial charge on any atom is 0.180 e. The fraction of sp³-hybridized carbons (Fsp3) is 0. The standard InChI is InChI=1S/C13H7BrF3NOS/c14-11-7(13(18)20)2-4-10(12(11)17)19-6-1-3-8(15)9(16)5-6/h1-5H,(H2,18,20). The predicted octanol–water partition coefficient (Wildman–Crippen LogP) is 4.29. The third kappa shape index (κ3) is 2.94. The highest BCUT2D eigenvalue weighted by atomic mass is 79.9. The maximum absolute atomic E-state index is 14.0. The van der Waals surface area contributed by atoms with Crippen LogP contribution in [0.1, 0.15) is 5.56 Å². The van der Waals surface area contributed by atoms with Crippen LogP contribution in [0, 0.1) is 17.5 Å². The van der Waals surface area contributed by atoms with Crippen LogP contribution in [0.4, 0.5) is 13.2 Å². The molecule has 0 fully saturated rings. The third-order valence-corrected chi connectivity index (χ3v) is 3.43. The molecular formula is C13H7BrF3NOS. The number of hydrogen-bond acceptors (Lipinski definition) is 2. The van der Waals surface area contributed by atoms with Crippen LogP contribution in [0.15, 0.2) is 34.8 Å². The molecule has 0 radical (unpaired) electrons. The van der Waals surface area contributed by atoms with Crippen LogP contribution in [-0.4, -0.2) is 4.99 Å². The molecule has 2 aromatic rings. The Balaban J connectivity index is 2.37. The Morgan fingerprint density at radius 3 is 2.40 bits per heavy atom. The number of thiocarbonyl (C=S) groups is 1. The first kappa shape index (κ1) is 14.8. The normalized spacial score (nSPS) is 10.4. The predicted molar refractivity (Wildman–Crippen MR) is 76.4 cm³/mol. The number of hydrogen-bond donors (Lipinski definition) is 1. The van der Waals surface area contributed by atoms with Crippen molar-refractivity contribution in [2.24, 2.45) is 5.73 Å². The van der Waals surface area contributed by atoms with Crippen molar-refractivity contribution < 1.29 is 17.9 Å². The van der Waals surface area contributed by atoms with Gasteiger partial charge in [-0.1, -0.05) is 12.2 Å². The number of rotatable bonds is 3. The molecule has 2 N–H and O–H groups in total. The highest BCUT2D eigenvalue weighted by Crippen LogP contribution is 2.32. The Labute approximate surface area is 126 Å². The smallest absolute Gasteiger partial charge is 0.180 e. The quantitative estimate of drug-likeness (QED) is 0.828. The molecule has 0 saturated carbocycles. The van der Waals surface area contributed by atoms with E-state index in [9.17, 15) is 13.2 Å². The molecule has 0 unspecified atom stereocenters. The van der Waals surface area contributed by atoms with Gasteiger partial charge in [0.25, 0.3) is 0 Å². The van der Waals surface area contributed by atoms with Gasteiger partial charge in [0.15, 0.2) is 23.2 Å². The van der Waals surface area contributed by atoms with E-state index < -0.39 is 17.5 Å². The number of halogens is 4. The third-order valence-electron chi connectivity index (χ3n) is 2.43. The first-order valence-electron chi connectivity index (χ1n) is 5.31. The van der Waals surface area contributed by atoms with E-state index in [0.29, 0.717) is 5.56 Å². The molecule has 0 heterocycles. The average molecular weight is 362 g/mol. The molecule has 0 aliphatic carbocycles. The molecule has 104 valence electrons. The zero-order chi connectivity index (χ0) is 14.9. The van der Waals surface area contributed by atoms with Crippen LogP contribution >= 0.6 is 28.1 Å². The topological polar surface area (TPSA) is 35.2 Å². The van der Waals surface area contributed by atoms with Gasteiger partial charge in [-0.2, -0.15) is 0 Å². The Morgan fingerprint density at radius 2 is 1.80 bits per heavy atom. The second kappa shape index (κ2) is 5.80. The summed E-state index contributed by atoms with van der Waals surface area (Å²) in [6.07, 6.45) is 0. The lowest BCUT2D eigenvalue weighted by molar-refractivity contribution is 0.431. The summed E-state index contributed by atoms with van der Waals surface area (Å²) >= 11 is 7.78. The lowest BCUT2D eigenvalue weighted by Gasteiger charge is -2.10. The van der Waals surface area contributed by atoms with E-state index in [0.717, 1.165) is 12.1 Å². The molecule has 0 aliphatic heterocycles. The van der Waals surface area contributed by atoms with E-state index >= 15 is 0 Å². The average Bonchev–Trinajstić information content (AvgIpc) is 2.39. The van der Waals surface area contributed by atoms with Crippen molar-refractivity contribution in [2.45, 2.75) is 0 Å². The van der Waals surface area contributed by atoms with Crippen molar-refractivity contribution in [3.63, 3.8) is 0 Å². The molecule has 0 atom stereocenters. The van der Waals surface area contributed by atoms with Gasteiger partial charge in [-0.05, 0) is 40.2 Å². The van der Waals surface area contributed by atoms with Crippen molar-refractivity contribution in [3.8, 4) is 11.5 Å². The lowest BCUT2D eigenvalue weighted by atomic mass is 10.2. The monoisotopic (exact) mass is 361 g/mol. The van der Waals surface area contributed by atoms with Crippen LogP contribution < -0.4 is 10.5 Å². The molecule has 2 aromatic carbocycles. The second-order valence-electron chi connectivity index (χ2n) is 3.78. The highest BCUT2D eigenvalue weighted by Gasteiger charge is 2.15. The second-order valence-corrected chi connectivity index (χ2v) is 5.01. The molecule has 0 spiro atoms.